The van der Waals surface area contributed by atoms with Crippen LogP contribution in [-0.2, 0) is 11.2 Å². The van der Waals surface area contributed by atoms with Gasteiger partial charge in [0.2, 0.25) is 5.91 Å². The molecule has 31 heavy (non-hydrogen) atoms. The summed E-state index contributed by atoms with van der Waals surface area (Å²) >= 11 is 0. The summed E-state index contributed by atoms with van der Waals surface area (Å²) in [4.78, 5) is 24.8. The summed E-state index contributed by atoms with van der Waals surface area (Å²) in [6, 6.07) is 19.8. The van der Waals surface area contributed by atoms with Crippen LogP contribution in [-0.4, -0.2) is 35.5 Å². The number of hydrogen-bond donors (Lipinski definition) is 1. The van der Waals surface area contributed by atoms with Gasteiger partial charge in [-0.25, -0.2) is 9.97 Å². The number of carbonyl (C=O) groups is 1. The van der Waals surface area contributed by atoms with E-state index >= 15 is 0 Å². The lowest BCUT2D eigenvalue weighted by Gasteiger charge is -2.33. The Morgan fingerprint density at radius 2 is 1.87 bits per heavy atom. The molecule has 0 unspecified atom stereocenters. The molecule has 2 heterocycles. The maximum absolute atomic E-state index is 13.0. The van der Waals surface area contributed by atoms with E-state index in [0.717, 1.165) is 30.6 Å². The highest BCUT2D eigenvalue weighted by atomic mass is 16.1. The van der Waals surface area contributed by atoms with Gasteiger partial charge in [0.15, 0.2) is 11.7 Å². The number of fused-ring (bicyclic) bond motifs is 1. The number of hydrogen-bond acceptors (Lipinski definition) is 5. The molecular weight excluding hydrogens is 386 g/mol. The van der Waals surface area contributed by atoms with Crippen LogP contribution in [0.4, 0.5) is 5.82 Å². The Labute approximate surface area is 182 Å². The number of anilines is 1. The molecule has 2 aromatic carbocycles. The second-order valence-electron chi connectivity index (χ2n) is 8.20. The Balaban J connectivity index is 1.61. The van der Waals surface area contributed by atoms with Gasteiger partial charge >= 0.3 is 0 Å². The molecule has 1 amide bonds. The van der Waals surface area contributed by atoms with Crippen LogP contribution >= 0.6 is 0 Å². The quantitative estimate of drug-likeness (QED) is 0.664. The van der Waals surface area contributed by atoms with Crippen LogP contribution in [0, 0.1) is 17.2 Å². The van der Waals surface area contributed by atoms with Gasteiger partial charge in [0.05, 0.1) is 17.1 Å². The summed E-state index contributed by atoms with van der Waals surface area (Å²) in [6.07, 6.45) is 2.95. The number of amides is 1. The van der Waals surface area contributed by atoms with Crippen LogP contribution < -0.4 is 10.2 Å². The van der Waals surface area contributed by atoms with Crippen molar-refractivity contribution in [1.82, 2.24) is 15.3 Å². The van der Waals surface area contributed by atoms with Gasteiger partial charge in [0, 0.05) is 19.6 Å². The molecule has 1 fully saturated rings. The molecule has 3 aromatic rings. The first-order valence-electron chi connectivity index (χ1n) is 10.9. The highest BCUT2D eigenvalue weighted by molar-refractivity contribution is 5.88. The van der Waals surface area contributed by atoms with Gasteiger partial charge in [0.25, 0.3) is 0 Å². The van der Waals surface area contributed by atoms with Crippen LogP contribution in [0.15, 0.2) is 54.6 Å². The first-order chi connectivity index (χ1) is 15.2. The summed E-state index contributed by atoms with van der Waals surface area (Å²) in [7, 11) is 0. The maximum atomic E-state index is 13.0. The van der Waals surface area contributed by atoms with E-state index in [-0.39, 0.29) is 5.91 Å². The number of nitrogens with one attached hydrogen (secondary N) is 1. The van der Waals surface area contributed by atoms with Crippen molar-refractivity contribution >= 4 is 22.8 Å². The summed E-state index contributed by atoms with van der Waals surface area (Å²) < 4.78 is 0. The number of carbonyl (C=O) groups excluding carboxylic acids is 1. The topological polar surface area (TPSA) is 81.9 Å². The molecule has 0 saturated carbocycles. The Morgan fingerprint density at radius 1 is 1.16 bits per heavy atom. The molecule has 1 N–H and O–H groups in total. The van der Waals surface area contributed by atoms with Gasteiger partial charge in [-0.3, -0.25) is 4.79 Å². The molecule has 0 radical (unpaired) electrons. The van der Waals surface area contributed by atoms with E-state index < -0.39 is 5.92 Å². The van der Waals surface area contributed by atoms with Crippen molar-refractivity contribution in [2.75, 3.05) is 24.5 Å². The van der Waals surface area contributed by atoms with Gasteiger partial charge in [-0.15, -0.1) is 0 Å². The smallest absolute Gasteiger partial charge is 0.243 e. The zero-order valence-corrected chi connectivity index (χ0v) is 17.8. The van der Waals surface area contributed by atoms with E-state index in [9.17, 15) is 10.1 Å². The molecule has 6 nitrogen and oxygen atoms in total. The zero-order valence-electron chi connectivity index (χ0n) is 17.8. The third-order valence-corrected chi connectivity index (χ3v) is 5.76. The fourth-order valence-electron chi connectivity index (χ4n) is 4.13. The van der Waals surface area contributed by atoms with Crippen LogP contribution in [0.3, 0.4) is 0 Å². The highest BCUT2D eigenvalue weighted by Gasteiger charge is 2.30. The number of nitriles is 1. The molecule has 158 valence electrons. The van der Waals surface area contributed by atoms with Crippen LogP contribution in [0.5, 0.6) is 0 Å². The number of para-hydroxylation sites is 2. The summed E-state index contributed by atoms with van der Waals surface area (Å²) in [5.74, 6) is -0.125. The lowest BCUT2D eigenvalue weighted by Crippen LogP contribution is -2.37. The SMILES string of the molecule is C[C@@H]1CCCN(c2nc3ccccc3nc2[C@H](C#N)C(=O)NCCc2ccccc2)C1. The van der Waals surface area contributed by atoms with E-state index in [0.29, 0.717) is 35.9 Å². The molecule has 1 saturated heterocycles. The average molecular weight is 414 g/mol. The van der Waals surface area contributed by atoms with Crippen molar-refractivity contribution < 1.29 is 4.79 Å². The highest BCUT2D eigenvalue weighted by Crippen LogP contribution is 2.30. The Kier molecular flexibility index (Phi) is 6.42. The van der Waals surface area contributed by atoms with Gasteiger partial charge in [-0.2, -0.15) is 5.26 Å². The van der Waals surface area contributed by atoms with Crippen molar-refractivity contribution in [3.05, 3.63) is 65.9 Å². The molecule has 1 aliphatic rings. The molecule has 2 atom stereocenters. The number of piperidine rings is 1. The molecule has 6 heteroatoms. The first kappa shape index (κ1) is 20.8. The molecule has 1 aliphatic heterocycles. The number of benzene rings is 2. The predicted octanol–water partition coefficient (Wildman–Crippen LogP) is 3.83. The van der Waals surface area contributed by atoms with Crippen molar-refractivity contribution in [1.29, 1.82) is 5.26 Å². The van der Waals surface area contributed by atoms with E-state index in [1.54, 1.807) is 0 Å². The average Bonchev–Trinajstić information content (AvgIpc) is 2.80. The number of rotatable bonds is 6. The van der Waals surface area contributed by atoms with Gasteiger partial charge in [-0.05, 0) is 42.9 Å². The fraction of sp³-hybridized carbons (Fsp3) is 0.360. The summed E-state index contributed by atoms with van der Waals surface area (Å²) in [5, 5.41) is 12.8. The standard InChI is InChI=1S/C25H27N5O/c1-18-8-7-15-30(17-18)24-23(28-21-11-5-6-12-22(21)29-24)20(16-26)25(31)27-14-13-19-9-3-2-4-10-19/h2-6,9-12,18,20H,7-8,13-15,17H2,1H3,(H,27,31)/t18-,20+/m1/s1. The molecule has 0 spiro atoms. The Morgan fingerprint density at radius 3 is 2.58 bits per heavy atom. The fourth-order valence-corrected chi connectivity index (χ4v) is 4.13. The molecule has 0 aliphatic carbocycles. The van der Waals surface area contributed by atoms with Crippen LogP contribution in [0.25, 0.3) is 11.0 Å². The monoisotopic (exact) mass is 413 g/mol. The van der Waals surface area contributed by atoms with Crippen LogP contribution in [0.1, 0.15) is 36.9 Å². The maximum Gasteiger partial charge on any atom is 0.243 e. The second-order valence-corrected chi connectivity index (χ2v) is 8.20. The lowest BCUT2D eigenvalue weighted by molar-refractivity contribution is -0.121. The third kappa shape index (κ3) is 4.83. The summed E-state index contributed by atoms with van der Waals surface area (Å²) in [5.41, 5.74) is 3.07. The minimum Gasteiger partial charge on any atom is -0.355 e. The number of aromatic nitrogens is 2. The predicted molar refractivity (Wildman–Crippen MR) is 122 cm³/mol. The van der Waals surface area contributed by atoms with Gasteiger partial charge in [-0.1, -0.05) is 49.4 Å². The Bertz CT molecular complexity index is 1090. The Hall–Kier alpha value is -3.46. The van der Waals surface area contributed by atoms with Gasteiger partial charge < -0.3 is 10.2 Å². The second kappa shape index (κ2) is 9.57. The normalized spacial score (nSPS) is 17.2. The number of nitrogens with zero attached hydrogens (tertiary/aromatic N) is 4. The van der Waals surface area contributed by atoms with E-state index in [1.807, 2.05) is 54.6 Å². The third-order valence-electron chi connectivity index (χ3n) is 5.76. The zero-order chi connectivity index (χ0) is 21.6. The van der Waals surface area contributed by atoms with E-state index in [2.05, 4.69) is 23.2 Å². The largest absolute Gasteiger partial charge is 0.355 e. The minimum atomic E-state index is -1.000. The van der Waals surface area contributed by atoms with Crippen LogP contribution in [0.2, 0.25) is 0 Å². The molecule has 4 rings (SSSR count). The molecule has 0 bridgehead atoms. The minimum absolute atomic E-state index is 0.325. The van der Waals surface area contributed by atoms with Crippen molar-refractivity contribution in [3.63, 3.8) is 0 Å². The molecule has 1 aromatic heterocycles. The van der Waals surface area contributed by atoms with E-state index in [1.165, 1.54) is 6.42 Å². The van der Waals surface area contributed by atoms with Crippen molar-refractivity contribution in [2.24, 2.45) is 5.92 Å². The van der Waals surface area contributed by atoms with E-state index in [4.69, 9.17) is 9.97 Å². The lowest BCUT2D eigenvalue weighted by atomic mass is 9.98. The van der Waals surface area contributed by atoms with Gasteiger partial charge in [0.1, 0.15) is 5.69 Å². The first-order valence-corrected chi connectivity index (χ1v) is 10.9. The summed E-state index contributed by atoms with van der Waals surface area (Å²) in [6.45, 7) is 4.41. The van der Waals surface area contributed by atoms with Crippen molar-refractivity contribution in [2.45, 2.75) is 32.1 Å². The molecular formula is C25H27N5O. The van der Waals surface area contributed by atoms with Crippen molar-refractivity contribution in [3.8, 4) is 6.07 Å².